The Labute approximate surface area is 119 Å². The molecule has 0 aromatic heterocycles. The fourth-order valence-electron chi connectivity index (χ4n) is 3.21. The second-order valence-corrected chi connectivity index (χ2v) is 6.05. The molecule has 20 heavy (non-hydrogen) atoms. The predicted molar refractivity (Wildman–Crippen MR) is 80.2 cm³/mol. The number of rotatable bonds is 2. The van der Waals surface area contributed by atoms with Crippen LogP contribution in [0.15, 0.2) is 36.4 Å². The summed E-state index contributed by atoms with van der Waals surface area (Å²) in [6, 6.07) is 11.5. The molecule has 2 heteroatoms. The molecule has 0 bridgehead atoms. The van der Waals surface area contributed by atoms with Crippen LogP contribution in [-0.2, 0) is 18.4 Å². The van der Waals surface area contributed by atoms with E-state index in [0.717, 1.165) is 30.4 Å². The molecule has 104 valence electrons. The van der Waals surface area contributed by atoms with Gasteiger partial charge in [-0.1, -0.05) is 24.3 Å². The average molecular weight is 269 g/mol. The van der Waals surface area contributed by atoms with Crippen molar-refractivity contribution in [1.29, 1.82) is 0 Å². The Morgan fingerprint density at radius 1 is 1.10 bits per heavy atom. The summed E-state index contributed by atoms with van der Waals surface area (Å²) in [6.07, 6.45) is 2.57. The molecule has 2 N–H and O–H groups in total. The molecule has 0 aliphatic heterocycles. The number of hydrogen-bond acceptors (Lipinski definition) is 1. The van der Waals surface area contributed by atoms with E-state index in [2.05, 4.69) is 32.0 Å². The van der Waals surface area contributed by atoms with Crippen LogP contribution in [0, 0.1) is 19.7 Å². The quantitative estimate of drug-likeness (QED) is 0.882. The van der Waals surface area contributed by atoms with Gasteiger partial charge in [-0.3, -0.25) is 0 Å². The summed E-state index contributed by atoms with van der Waals surface area (Å²) in [7, 11) is 0. The van der Waals surface area contributed by atoms with Crippen molar-refractivity contribution in [2.24, 2.45) is 5.73 Å². The Morgan fingerprint density at radius 3 is 2.65 bits per heavy atom. The highest BCUT2D eigenvalue weighted by Crippen LogP contribution is 2.37. The van der Waals surface area contributed by atoms with E-state index in [1.54, 1.807) is 6.07 Å². The molecule has 1 aliphatic rings. The van der Waals surface area contributed by atoms with Crippen LogP contribution in [0.5, 0.6) is 0 Å². The minimum atomic E-state index is -0.356. The van der Waals surface area contributed by atoms with Crippen molar-refractivity contribution in [1.82, 2.24) is 0 Å². The molecule has 0 spiro atoms. The Morgan fingerprint density at radius 2 is 1.90 bits per heavy atom. The first-order valence-electron chi connectivity index (χ1n) is 7.12. The summed E-state index contributed by atoms with van der Waals surface area (Å²) in [6.45, 7) is 4.24. The van der Waals surface area contributed by atoms with Crippen LogP contribution < -0.4 is 5.73 Å². The second kappa shape index (κ2) is 4.71. The molecule has 3 rings (SSSR count). The van der Waals surface area contributed by atoms with Crippen LogP contribution in [0.3, 0.4) is 0 Å². The lowest BCUT2D eigenvalue weighted by Gasteiger charge is -2.26. The summed E-state index contributed by atoms with van der Waals surface area (Å²) >= 11 is 0. The van der Waals surface area contributed by atoms with Gasteiger partial charge in [-0.15, -0.1) is 0 Å². The number of halogens is 1. The molecule has 2 aromatic carbocycles. The Kier molecular flexibility index (Phi) is 3.14. The van der Waals surface area contributed by atoms with E-state index in [-0.39, 0.29) is 11.4 Å². The molecular weight excluding hydrogens is 249 g/mol. The maximum atomic E-state index is 13.3. The van der Waals surface area contributed by atoms with Gasteiger partial charge in [0.1, 0.15) is 5.82 Å². The van der Waals surface area contributed by atoms with Crippen molar-refractivity contribution in [3.8, 4) is 0 Å². The van der Waals surface area contributed by atoms with E-state index in [4.69, 9.17) is 5.73 Å². The highest BCUT2D eigenvalue weighted by Gasteiger charge is 2.35. The Hall–Kier alpha value is -1.67. The molecule has 0 saturated heterocycles. The van der Waals surface area contributed by atoms with Gasteiger partial charge < -0.3 is 5.73 Å². The van der Waals surface area contributed by atoms with E-state index in [1.165, 1.54) is 22.8 Å². The largest absolute Gasteiger partial charge is 0.321 e. The van der Waals surface area contributed by atoms with E-state index in [1.807, 2.05) is 6.07 Å². The lowest BCUT2D eigenvalue weighted by molar-refractivity contribution is 0.439. The summed E-state index contributed by atoms with van der Waals surface area (Å²) in [5.74, 6) is -0.167. The molecule has 1 atom stereocenters. The van der Waals surface area contributed by atoms with Crippen molar-refractivity contribution in [2.75, 3.05) is 0 Å². The smallest absolute Gasteiger partial charge is 0.123 e. The molecule has 0 saturated carbocycles. The molecular formula is C18H20FN. The molecule has 1 unspecified atom stereocenters. The first-order valence-corrected chi connectivity index (χ1v) is 7.12. The monoisotopic (exact) mass is 269 g/mol. The zero-order valence-electron chi connectivity index (χ0n) is 12.0. The first-order chi connectivity index (χ1) is 9.48. The lowest BCUT2D eigenvalue weighted by atomic mass is 9.85. The van der Waals surface area contributed by atoms with Crippen molar-refractivity contribution < 1.29 is 4.39 Å². The average Bonchev–Trinajstić information content (AvgIpc) is 2.71. The van der Waals surface area contributed by atoms with Gasteiger partial charge in [-0.2, -0.15) is 0 Å². The summed E-state index contributed by atoms with van der Waals surface area (Å²) < 4.78 is 13.3. The lowest BCUT2D eigenvalue weighted by Crippen LogP contribution is -2.36. The number of nitrogens with two attached hydrogens (primary N) is 1. The molecule has 0 radical (unpaired) electrons. The van der Waals surface area contributed by atoms with Gasteiger partial charge in [0.2, 0.25) is 0 Å². The zero-order chi connectivity index (χ0) is 14.3. The van der Waals surface area contributed by atoms with Gasteiger partial charge in [0.05, 0.1) is 0 Å². The van der Waals surface area contributed by atoms with Gasteiger partial charge in [0.15, 0.2) is 0 Å². The molecule has 0 fully saturated rings. The van der Waals surface area contributed by atoms with Crippen LogP contribution in [-0.4, -0.2) is 0 Å². The maximum absolute atomic E-state index is 13.3. The van der Waals surface area contributed by atoms with Gasteiger partial charge >= 0.3 is 0 Å². The first kappa shape index (κ1) is 13.3. The van der Waals surface area contributed by atoms with Crippen LogP contribution in [0.4, 0.5) is 4.39 Å². The Bertz CT molecular complexity index is 662. The number of aryl methyl sites for hydroxylation is 3. The van der Waals surface area contributed by atoms with Crippen LogP contribution >= 0.6 is 0 Å². The van der Waals surface area contributed by atoms with E-state index >= 15 is 0 Å². The third kappa shape index (κ3) is 2.25. The maximum Gasteiger partial charge on any atom is 0.123 e. The van der Waals surface area contributed by atoms with E-state index in [0.29, 0.717) is 0 Å². The SMILES string of the molecule is Cc1ccc(CC2(N)CCc3cc(F)ccc32)cc1C. The highest BCUT2D eigenvalue weighted by molar-refractivity contribution is 5.41. The van der Waals surface area contributed by atoms with Crippen LogP contribution in [0.2, 0.25) is 0 Å². The van der Waals surface area contributed by atoms with Crippen molar-refractivity contribution in [3.05, 3.63) is 70.0 Å². The molecule has 0 amide bonds. The third-order valence-electron chi connectivity index (χ3n) is 4.54. The second-order valence-electron chi connectivity index (χ2n) is 6.05. The Balaban J connectivity index is 1.93. The van der Waals surface area contributed by atoms with Gasteiger partial charge in [0, 0.05) is 5.54 Å². The summed E-state index contributed by atoms with van der Waals surface area (Å²) in [4.78, 5) is 0. The van der Waals surface area contributed by atoms with Crippen LogP contribution in [0.1, 0.15) is 34.2 Å². The molecule has 1 nitrogen and oxygen atoms in total. The molecule has 1 aliphatic carbocycles. The third-order valence-corrected chi connectivity index (χ3v) is 4.54. The summed E-state index contributed by atoms with van der Waals surface area (Å²) in [5.41, 5.74) is 12.3. The fraction of sp³-hybridized carbons (Fsp3) is 0.333. The topological polar surface area (TPSA) is 26.0 Å². The van der Waals surface area contributed by atoms with Crippen molar-refractivity contribution >= 4 is 0 Å². The minimum Gasteiger partial charge on any atom is -0.321 e. The van der Waals surface area contributed by atoms with Gasteiger partial charge in [-0.05, 0) is 73.1 Å². The van der Waals surface area contributed by atoms with E-state index in [9.17, 15) is 4.39 Å². The predicted octanol–water partition coefficient (Wildman–Crippen LogP) is 3.79. The number of benzene rings is 2. The number of hydrogen-bond donors (Lipinski definition) is 1. The standard InChI is InChI=1S/C18H20FN/c1-12-3-4-14(9-13(12)2)11-18(20)8-7-15-10-16(19)5-6-17(15)18/h3-6,9-10H,7-8,11,20H2,1-2H3. The highest BCUT2D eigenvalue weighted by atomic mass is 19.1. The van der Waals surface area contributed by atoms with Crippen LogP contribution in [0.25, 0.3) is 0 Å². The molecule has 2 aromatic rings. The summed E-state index contributed by atoms with van der Waals surface area (Å²) in [5, 5.41) is 0. The number of fused-ring (bicyclic) bond motifs is 1. The minimum absolute atomic E-state index is 0.167. The van der Waals surface area contributed by atoms with Gasteiger partial charge in [0.25, 0.3) is 0 Å². The van der Waals surface area contributed by atoms with E-state index < -0.39 is 0 Å². The van der Waals surface area contributed by atoms with Crippen molar-refractivity contribution in [3.63, 3.8) is 0 Å². The van der Waals surface area contributed by atoms with Crippen molar-refractivity contribution in [2.45, 2.75) is 38.6 Å². The molecule has 0 heterocycles. The zero-order valence-corrected chi connectivity index (χ0v) is 12.0. The van der Waals surface area contributed by atoms with Gasteiger partial charge in [-0.25, -0.2) is 4.39 Å². The normalized spacial score (nSPS) is 21.0. The fourth-order valence-corrected chi connectivity index (χ4v) is 3.21.